The summed E-state index contributed by atoms with van der Waals surface area (Å²) in [4.78, 5) is 26.4. The minimum absolute atomic E-state index is 0. The van der Waals surface area contributed by atoms with Gasteiger partial charge in [-0.3, -0.25) is 9.69 Å². The molecule has 1 aromatic carbocycles. The summed E-state index contributed by atoms with van der Waals surface area (Å²) in [6, 6.07) is 8.21. The number of nitrogens with zero attached hydrogens (tertiary/aromatic N) is 4. The fourth-order valence-corrected chi connectivity index (χ4v) is 3.89. The number of hydrogen-bond acceptors (Lipinski definition) is 6. The molecule has 4 rings (SSSR count). The van der Waals surface area contributed by atoms with Crippen LogP contribution in [0.3, 0.4) is 0 Å². The third kappa shape index (κ3) is 5.31. The fourth-order valence-electron chi connectivity index (χ4n) is 3.89. The van der Waals surface area contributed by atoms with Gasteiger partial charge in [-0.05, 0) is 18.9 Å². The van der Waals surface area contributed by atoms with Gasteiger partial charge in [0.1, 0.15) is 18.2 Å². The highest BCUT2D eigenvalue weighted by atomic mass is 35.5. The van der Waals surface area contributed by atoms with E-state index in [0.717, 1.165) is 50.0 Å². The molecular weight excluding hydrogens is 430 g/mol. The lowest BCUT2D eigenvalue weighted by Gasteiger charge is -2.26. The molecule has 1 saturated heterocycles. The van der Waals surface area contributed by atoms with E-state index in [1.165, 1.54) is 6.33 Å². The zero-order valence-corrected chi connectivity index (χ0v) is 19.7. The number of hydrogen-bond donors (Lipinski definition) is 1. The summed E-state index contributed by atoms with van der Waals surface area (Å²) in [6.07, 6.45) is 2.02. The second kappa shape index (κ2) is 10.9. The van der Waals surface area contributed by atoms with Crippen LogP contribution in [0.5, 0.6) is 5.75 Å². The summed E-state index contributed by atoms with van der Waals surface area (Å²) in [5.41, 5.74) is 1.85. The van der Waals surface area contributed by atoms with E-state index in [9.17, 15) is 4.79 Å². The maximum atomic E-state index is 12.3. The number of fused-ring (bicyclic) bond motifs is 1. The van der Waals surface area contributed by atoms with Crippen molar-refractivity contribution in [2.45, 2.75) is 33.2 Å². The highest BCUT2D eigenvalue weighted by Crippen LogP contribution is 2.27. The predicted molar refractivity (Wildman–Crippen MR) is 127 cm³/mol. The summed E-state index contributed by atoms with van der Waals surface area (Å²) in [5.74, 6) is 2.05. The highest BCUT2D eigenvalue weighted by Gasteiger charge is 2.22. The van der Waals surface area contributed by atoms with E-state index in [4.69, 9.17) is 9.47 Å². The SMILES string of the molecule is CC(C)[C@@H](C)n1c(Cc2ccccc2OCCN2CCOCC2)nc2c(=O)[nH]cnc21.Cl. The zero-order chi connectivity index (χ0) is 21.8. The van der Waals surface area contributed by atoms with Gasteiger partial charge in [0.15, 0.2) is 11.2 Å². The molecule has 1 N–H and O–H groups in total. The van der Waals surface area contributed by atoms with Crippen LogP contribution in [0.1, 0.15) is 38.2 Å². The van der Waals surface area contributed by atoms with Crippen LogP contribution in [0.4, 0.5) is 0 Å². The van der Waals surface area contributed by atoms with E-state index < -0.39 is 0 Å². The Morgan fingerprint density at radius 1 is 1.19 bits per heavy atom. The summed E-state index contributed by atoms with van der Waals surface area (Å²) in [6.45, 7) is 11.4. The molecule has 9 heteroatoms. The van der Waals surface area contributed by atoms with Crippen molar-refractivity contribution >= 4 is 23.6 Å². The van der Waals surface area contributed by atoms with Gasteiger partial charge in [0.25, 0.3) is 5.56 Å². The molecule has 3 aromatic rings. The molecule has 0 bridgehead atoms. The molecule has 0 aliphatic carbocycles. The third-order valence-corrected chi connectivity index (χ3v) is 6.02. The van der Waals surface area contributed by atoms with Gasteiger partial charge in [0, 0.05) is 37.7 Å². The van der Waals surface area contributed by atoms with Crippen LogP contribution >= 0.6 is 12.4 Å². The molecule has 174 valence electrons. The minimum Gasteiger partial charge on any atom is -0.492 e. The van der Waals surface area contributed by atoms with Crippen molar-refractivity contribution in [1.82, 2.24) is 24.4 Å². The predicted octanol–water partition coefficient (Wildman–Crippen LogP) is 3.06. The number of H-pyrrole nitrogens is 1. The van der Waals surface area contributed by atoms with Crippen molar-refractivity contribution in [1.29, 1.82) is 0 Å². The van der Waals surface area contributed by atoms with E-state index in [1.807, 2.05) is 18.2 Å². The lowest BCUT2D eigenvalue weighted by Crippen LogP contribution is -2.38. The molecule has 2 aromatic heterocycles. The standard InChI is InChI=1S/C23H31N5O3.ClH/c1-16(2)17(3)28-20(26-21-22(28)24-15-25-23(21)29)14-18-6-4-5-7-19(18)31-13-10-27-8-11-30-12-9-27;/h4-7,15-17H,8-14H2,1-3H3,(H,24,25,29);1H/t17-;/m1./s1. The van der Waals surface area contributed by atoms with Crippen LogP contribution in [-0.4, -0.2) is 63.9 Å². The van der Waals surface area contributed by atoms with Crippen molar-refractivity contribution < 1.29 is 9.47 Å². The number of aromatic amines is 1. The number of aromatic nitrogens is 4. The van der Waals surface area contributed by atoms with Crippen molar-refractivity contribution in [3.05, 3.63) is 52.3 Å². The molecule has 0 unspecified atom stereocenters. The second-order valence-corrected chi connectivity index (χ2v) is 8.37. The normalized spacial score (nSPS) is 15.6. The smallest absolute Gasteiger partial charge is 0.278 e. The lowest BCUT2D eigenvalue weighted by molar-refractivity contribution is 0.0322. The van der Waals surface area contributed by atoms with Crippen molar-refractivity contribution in [3.8, 4) is 5.75 Å². The maximum Gasteiger partial charge on any atom is 0.278 e. The van der Waals surface area contributed by atoms with Crippen LogP contribution in [-0.2, 0) is 11.2 Å². The molecule has 1 aliphatic rings. The average Bonchev–Trinajstić information content (AvgIpc) is 3.14. The monoisotopic (exact) mass is 461 g/mol. The Hall–Kier alpha value is -2.42. The van der Waals surface area contributed by atoms with E-state index in [-0.39, 0.29) is 24.0 Å². The number of benzene rings is 1. The minimum atomic E-state index is -0.212. The van der Waals surface area contributed by atoms with Crippen molar-refractivity contribution in [3.63, 3.8) is 0 Å². The molecule has 3 heterocycles. The van der Waals surface area contributed by atoms with Crippen LogP contribution in [0, 0.1) is 5.92 Å². The van der Waals surface area contributed by atoms with Crippen LogP contribution in [0.2, 0.25) is 0 Å². The van der Waals surface area contributed by atoms with Gasteiger partial charge < -0.3 is 19.0 Å². The first-order valence-corrected chi connectivity index (χ1v) is 11.0. The van der Waals surface area contributed by atoms with Gasteiger partial charge in [-0.25, -0.2) is 9.97 Å². The second-order valence-electron chi connectivity index (χ2n) is 8.37. The first-order chi connectivity index (χ1) is 15.0. The van der Waals surface area contributed by atoms with Crippen LogP contribution < -0.4 is 10.3 Å². The maximum absolute atomic E-state index is 12.3. The molecule has 8 nitrogen and oxygen atoms in total. The summed E-state index contributed by atoms with van der Waals surface area (Å²) < 4.78 is 13.7. The van der Waals surface area contributed by atoms with E-state index in [0.29, 0.717) is 30.1 Å². The number of nitrogens with one attached hydrogen (secondary N) is 1. The fraction of sp³-hybridized carbons (Fsp3) is 0.522. The highest BCUT2D eigenvalue weighted by molar-refractivity contribution is 5.85. The molecule has 0 radical (unpaired) electrons. The summed E-state index contributed by atoms with van der Waals surface area (Å²) in [5, 5.41) is 0. The first kappa shape index (κ1) is 24.2. The van der Waals surface area contributed by atoms with Gasteiger partial charge in [-0.1, -0.05) is 32.0 Å². The molecule has 0 spiro atoms. The van der Waals surface area contributed by atoms with E-state index in [2.05, 4.69) is 51.3 Å². The summed E-state index contributed by atoms with van der Waals surface area (Å²) in [7, 11) is 0. The Morgan fingerprint density at radius 3 is 2.69 bits per heavy atom. The molecule has 1 aliphatic heterocycles. The van der Waals surface area contributed by atoms with Crippen molar-refractivity contribution in [2.24, 2.45) is 5.92 Å². The van der Waals surface area contributed by atoms with E-state index in [1.54, 1.807) is 0 Å². The Bertz CT molecular complexity index is 1070. The topological polar surface area (TPSA) is 85.3 Å². The van der Waals surface area contributed by atoms with Gasteiger partial charge in [0.05, 0.1) is 19.5 Å². The number of rotatable bonds is 8. The van der Waals surface area contributed by atoms with Gasteiger partial charge >= 0.3 is 0 Å². The molecule has 0 amide bonds. The first-order valence-electron chi connectivity index (χ1n) is 11.0. The number of imidazole rings is 1. The quantitative estimate of drug-likeness (QED) is 0.555. The van der Waals surface area contributed by atoms with Gasteiger partial charge in [-0.2, -0.15) is 0 Å². The van der Waals surface area contributed by atoms with Crippen LogP contribution in [0.15, 0.2) is 35.4 Å². The van der Waals surface area contributed by atoms with E-state index >= 15 is 0 Å². The van der Waals surface area contributed by atoms with Crippen molar-refractivity contribution in [2.75, 3.05) is 39.5 Å². The summed E-state index contributed by atoms with van der Waals surface area (Å²) >= 11 is 0. The molecule has 32 heavy (non-hydrogen) atoms. The number of ether oxygens (including phenoxy) is 2. The molecule has 1 atom stereocenters. The molecular formula is C23H32ClN5O3. The number of para-hydroxylation sites is 1. The molecule has 0 saturated carbocycles. The lowest BCUT2D eigenvalue weighted by atomic mass is 10.1. The largest absolute Gasteiger partial charge is 0.492 e. The Labute approximate surface area is 194 Å². The Kier molecular flexibility index (Phi) is 8.28. The Morgan fingerprint density at radius 2 is 1.94 bits per heavy atom. The van der Waals surface area contributed by atoms with Gasteiger partial charge in [-0.15, -0.1) is 12.4 Å². The Balaban J connectivity index is 0.00000289. The third-order valence-electron chi connectivity index (χ3n) is 6.02. The number of morpholine rings is 1. The molecule has 1 fully saturated rings. The van der Waals surface area contributed by atoms with Gasteiger partial charge in [0.2, 0.25) is 0 Å². The zero-order valence-electron chi connectivity index (χ0n) is 18.9. The number of halogens is 1. The average molecular weight is 462 g/mol. The van der Waals surface area contributed by atoms with Crippen LogP contribution in [0.25, 0.3) is 11.2 Å².